The maximum atomic E-state index is 12.9. The van der Waals surface area contributed by atoms with Crippen molar-refractivity contribution in [3.05, 3.63) is 22.6 Å². The van der Waals surface area contributed by atoms with Crippen LogP contribution in [-0.2, 0) is 12.8 Å². The zero-order valence-corrected chi connectivity index (χ0v) is 16.1. The molecule has 0 bridgehead atoms. The molecule has 3 aromatic rings. The van der Waals surface area contributed by atoms with E-state index in [1.807, 2.05) is 4.90 Å². The Morgan fingerprint density at radius 1 is 1.19 bits per heavy atom. The van der Waals surface area contributed by atoms with E-state index in [1.54, 1.807) is 22.2 Å². The predicted octanol–water partition coefficient (Wildman–Crippen LogP) is 3.34. The van der Waals surface area contributed by atoms with Crippen molar-refractivity contribution in [1.29, 1.82) is 0 Å². The molecule has 5 rings (SSSR count). The van der Waals surface area contributed by atoms with Crippen LogP contribution in [0.2, 0.25) is 0 Å². The SMILES string of the molecule is CC1CCN(C(=O)c2nc3c4c5c(sc4ncn3n2)CCC(C)C5)CC1. The van der Waals surface area contributed by atoms with Crippen molar-refractivity contribution >= 4 is 33.1 Å². The summed E-state index contributed by atoms with van der Waals surface area (Å²) >= 11 is 1.77. The van der Waals surface area contributed by atoms with E-state index in [1.165, 1.54) is 16.9 Å². The third kappa shape index (κ3) is 2.52. The fourth-order valence-corrected chi connectivity index (χ4v) is 5.37. The van der Waals surface area contributed by atoms with Gasteiger partial charge in [-0.3, -0.25) is 4.79 Å². The average molecular weight is 369 g/mol. The zero-order valence-electron chi connectivity index (χ0n) is 15.2. The molecule has 3 aromatic heterocycles. The Hall–Kier alpha value is -2.02. The first kappa shape index (κ1) is 16.2. The molecule has 1 unspecified atom stereocenters. The van der Waals surface area contributed by atoms with Crippen molar-refractivity contribution in [2.75, 3.05) is 13.1 Å². The molecule has 1 aliphatic carbocycles. The fraction of sp³-hybridized carbons (Fsp3) is 0.579. The lowest BCUT2D eigenvalue weighted by Crippen LogP contribution is -2.38. The van der Waals surface area contributed by atoms with Gasteiger partial charge in [-0.05, 0) is 49.5 Å². The number of thiophene rings is 1. The lowest BCUT2D eigenvalue weighted by Gasteiger charge is -2.29. The van der Waals surface area contributed by atoms with Gasteiger partial charge in [-0.15, -0.1) is 16.4 Å². The minimum atomic E-state index is -0.0498. The number of piperidine rings is 1. The normalized spacial score (nSPS) is 21.5. The average Bonchev–Trinajstić information content (AvgIpc) is 3.22. The highest BCUT2D eigenvalue weighted by atomic mass is 32.1. The molecule has 1 atom stereocenters. The highest BCUT2D eigenvalue weighted by Crippen LogP contribution is 2.38. The summed E-state index contributed by atoms with van der Waals surface area (Å²) in [6.45, 7) is 6.15. The number of hydrogen-bond acceptors (Lipinski definition) is 5. The minimum Gasteiger partial charge on any atom is -0.336 e. The van der Waals surface area contributed by atoms with Crippen LogP contribution in [0, 0.1) is 11.8 Å². The van der Waals surface area contributed by atoms with Gasteiger partial charge in [-0.2, -0.15) is 0 Å². The summed E-state index contributed by atoms with van der Waals surface area (Å²) in [5, 5.41) is 5.57. The lowest BCUT2D eigenvalue weighted by atomic mass is 9.89. The number of aryl methyl sites for hydroxylation is 1. The quantitative estimate of drug-likeness (QED) is 0.660. The number of rotatable bonds is 1. The fourth-order valence-electron chi connectivity index (χ4n) is 4.19. The number of nitrogens with zero attached hydrogens (tertiary/aromatic N) is 5. The van der Waals surface area contributed by atoms with Gasteiger partial charge >= 0.3 is 0 Å². The van der Waals surface area contributed by atoms with E-state index in [-0.39, 0.29) is 5.91 Å². The molecule has 1 amide bonds. The standard InChI is InChI=1S/C19H23N5OS/c1-11-5-7-23(8-6-11)19(25)16-21-17-15-13-9-12(2)3-4-14(13)26-18(15)20-10-24(17)22-16/h10-12H,3-9H2,1-2H3. The molecule has 7 heteroatoms. The first-order valence-electron chi connectivity index (χ1n) is 9.55. The van der Waals surface area contributed by atoms with Crippen LogP contribution >= 0.6 is 11.3 Å². The van der Waals surface area contributed by atoms with E-state index >= 15 is 0 Å². The summed E-state index contributed by atoms with van der Waals surface area (Å²) in [5.74, 6) is 1.63. The van der Waals surface area contributed by atoms with Gasteiger partial charge in [0.15, 0.2) is 5.65 Å². The molecule has 1 saturated heterocycles. The monoisotopic (exact) mass is 369 g/mol. The van der Waals surface area contributed by atoms with Gasteiger partial charge in [0.25, 0.3) is 5.91 Å². The van der Waals surface area contributed by atoms with Gasteiger partial charge in [0.2, 0.25) is 5.82 Å². The summed E-state index contributed by atoms with van der Waals surface area (Å²) < 4.78 is 1.69. The van der Waals surface area contributed by atoms with E-state index in [0.717, 1.165) is 54.6 Å². The number of aromatic nitrogens is 4. The molecular formula is C19H23N5OS. The van der Waals surface area contributed by atoms with Gasteiger partial charge in [-0.1, -0.05) is 13.8 Å². The molecule has 0 spiro atoms. The van der Waals surface area contributed by atoms with Crippen LogP contribution < -0.4 is 0 Å². The summed E-state index contributed by atoms with van der Waals surface area (Å²) in [6, 6.07) is 0. The number of likely N-dealkylation sites (tertiary alicyclic amines) is 1. The number of amides is 1. The first-order chi connectivity index (χ1) is 12.6. The van der Waals surface area contributed by atoms with Crippen molar-refractivity contribution < 1.29 is 4.79 Å². The highest BCUT2D eigenvalue weighted by molar-refractivity contribution is 7.19. The molecule has 0 aromatic carbocycles. The van der Waals surface area contributed by atoms with E-state index in [4.69, 9.17) is 0 Å². The smallest absolute Gasteiger partial charge is 0.293 e. The van der Waals surface area contributed by atoms with E-state index in [2.05, 4.69) is 28.9 Å². The highest BCUT2D eigenvalue weighted by Gasteiger charge is 2.27. The number of carbonyl (C=O) groups excluding carboxylic acids is 1. The molecule has 136 valence electrons. The minimum absolute atomic E-state index is 0.0498. The van der Waals surface area contributed by atoms with Crippen LogP contribution in [0.3, 0.4) is 0 Å². The van der Waals surface area contributed by atoms with E-state index < -0.39 is 0 Å². The van der Waals surface area contributed by atoms with Crippen LogP contribution in [0.15, 0.2) is 6.33 Å². The number of fused-ring (bicyclic) bond motifs is 5. The van der Waals surface area contributed by atoms with Crippen molar-refractivity contribution in [2.24, 2.45) is 11.8 Å². The third-order valence-electron chi connectivity index (χ3n) is 5.89. The molecule has 1 aliphatic heterocycles. The van der Waals surface area contributed by atoms with Crippen LogP contribution in [0.5, 0.6) is 0 Å². The molecule has 26 heavy (non-hydrogen) atoms. The molecule has 0 radical (unpaired) electrons. The van der Waals surface area contributed by atoms with Gasteiger partial charge in [0.1, 0.15) is 11.2 Å². The second-order valence-corrected chi connectivity index (χ2v) is 9.04. The Morgan fingerprint density at radius 3 is 2.81 bits per heavy atom. The Bertz CT molecular complexity index is 998. The summed E-state index contributed by atoms with van der Waals surface area (Å²) in [4.78, 5) is 26.5. The van der Waals surface area contributed by atoms with Gasteiger partial charge in [-0.25, -0.2) is 14.5 Å². The van der Waals surface area contributed by atoms with E-state index in [9.17, 15) is 4.79 Å². The van der Waals surface area contributed by atoms with Crippen LogP contribution in [0.1, 0.15) is 54.2 Å². The van der Waals surface area contributed by atoms with Crippen molar-refractivity contribution in [1.82, 2.24) is 24.5 Å². The topological polar surface area (TPSA) is 63.4 Å². The van der Waals surface area contributed by atoms with E-state index in [0.29, 0.717) is 17.7 Å². The maximum absolute atomic E-state index is 12.9. The van der Waals surface area contributed by atoms with Gasteiger partial charge in [0, 0.05) is 18.0 Å². The molecule has 0 saturated carbocycles. The predicted molar refractivity (Wildman–Crippen MR) is 102 cm³/mol. The van der Waals surface area contributed by atoms with Crippen molar-refractivity contribution in [3.63, 3.8) is 0 Å². The Kier molecular flexibility index (Phi) is 3.74. The summed E-state index contributed by atoms with van der Waals surface area (Å²) in [5.41, 5.74) is 2.16. The van der Waals surface area contributed by atoms with Crippen molar-refractivity contribution in [2.45, 2.75) is 46.0 Å². The number of hydrogen-bond donors (Lipinski definition) is 0. The molecule has 0 N–H and O–H groups in total. The van der Waals surface area contributed by atoms with Crippen LogP contribution in [-0.4, -0.2) is 43.5 Å². The Labute approximate surface area is 156 Å². The molecule has 4 heterocycles. The molecule has 2 aliphatic rings. The van der Waals surface area contributed by atoms with Crippen molar-refractivity contribution in [3.8, 4) is 0 Å². The molecule has 1 fully saturated rings. The zero-order chi connectivity index (χ0) is 17.8. The Balaban J connectivity index is 1.58. The Morgan fingerprint density at radius 2 is 2.00 bits per heavy atom. The van der Waals surface area contributed by atoms with Gasteiger partial charge in [0.05, 0.1) is 5.39 Å². The number of carbonyl (C=O) groups is 1. The van der Waals surface area contributed by atoms with Crippen LogP contribution in [0.25, 0.3) is 15.9 Å². The second kappa shape index (κ2) is 6.01. The summed E-state index contributed by atoms with van der Waals surface area (Å²) in [7, 11) is 0. The largest absolute Gasteiger partial charge is 0.336 e. The first-order valence-corrected chi connectivity index (χ1v) is 10.4. The van der Waals surface area contributed by atoms with Gasteiger partial charge < -0.3 is 4.90 Å². The third-order valence-corrected chi connectivity index (χ3v) is 7.09. The second-order valence-electron chi connectivity index (χ2n) is 7.95. The lowest BCUT2D eigenvalue weighted by molar-refractivity contribution is 0.0685. The molecule has 6 nitrogen and oxygen atoms in total. The van der Waals surface area contributed by atoms with Crippen LogP contribution in [0.4, 0.5) is 0 Å². The summed E-state index contributed by atoms with van der Waals surface area (Å²) in [6.07, 6.45) is 7.24. The molecular weight excluding hydrogens is 346 g/mol. The maximum Gasteiger partial charge on any atom is 0.293 e.